The summed E-state index contributed by atoms with van der Waals surface area (Å²) in [5.41, 5.74) is 1.08. The van der Waals surface area contributed by atoms with E-state index in [0.29, 0.717) is 35.0 Å². The number of hydrogen-bond donors (Lipinski definition) is 2. The number of fused-ring (bicyclic) bond motifs is 1. The van der Waals surface area contributed by atoms with Crippen LogP contribution in [-0.2, 0) is 4.79 Å². The van der Waals surface area contributed by atoms with Crippen LogP contribution in [0.3, 0.4) is 0 Å². The van der Waals surface area contributed by atoms with Crippen molar-refractivity contribution in [2.24, 2.45) is 5.92 Å². The van der Waals surface area contributed by atoms with Crippen molar-refractivity contribution in [2.45, 2.75) is 13.8 Å². The van der Waals surface area contributed by atoms with Gasteiger partial charge in [-0.25, -0.2) is 14.8 Å². The summed E-state index contributed by atoms with van der Waals surface area (Å²) >= 11 is 0. The smallest absolute Gasteiger partial charge is 0.382 e. The first-order valence-electron chi connectivity index (χ1n) is 5.77. The number of rotatable bonds is 3. The van der Waals surface area contributed by atoms with Crippen molar-refractivity contribution in [3.63, 3.8) is 0 Å². The van der Waals surface area contributed by atoms with Crippen LogP contribution in [-0.4, -0.2) is 32.6 Å². The van der Waals surface area contributed by atoms with Crippen molar-refractivity contribution in [3.05, 3.63) is 18.1 Å². The minimum atomic E-state index is -1.18. The molecule has 19 heavy (non-hydrogen) atoms. The molecule has 0 bridgehead atoms. The average Bonchev–Trinajstić information content (AvgIpc) is 2.77. The summed E-state index contributed by atoms with van der Waals surface area (Å²) in [4.78, 5) is 21.5. The summed E-state index contributed by atoms with van der Waals surface area (Å²) in [5, 5.41) is 9.19. The number of carbonyl (C=O) groups is 1. The molecule has 0 saturated heterocycles. The van der Waals surface area contributed by atoms with Gasteiger partial charge < -0.3 is 14.8 Å². The third-order valence-electron chi connectivity index (χ3n) is 2.29. The lowest BCUT2D eigenvalue weighted by atomic mass is 10.2. The van der Waals surface area contributed by atoms with Crippen LogP contribution < -0.4 is 4.74 Å². The summed E-state index contributed by atoms with van der Waals surface area (Å²) in [5.74, 6) is 4.21. The summed E-state index contributed by atoms with van der Waals surface area (Å²) in [6.07, 6.45) is 2.99. The zero-order valence-corrected chi connectivity index (χ0v) is 10.6. The fourth-order valence-corrected chi connectivity index (χ4v) is 1.51. The zero-order chi connectivity index (χ0) is 13.8. The van der Waals surface area contributed by atoms with E-state index in [0.717, 1.165) is 0 Å². The van der Waals surface area contributed by atoms with E-state index < -0.39 is 5.97 Å². The van der Waals surface area contributed by atoms with Crippen molar-refractivity contribution < 1.29 is 14.6 Å². The topological polar surface area (TPSA) is 88.1 Å². The predicted octanol–water partition coefficient (Wildman–Crippen LogP) is 1.43. The highest BCUT2D eigenvalue weighted by Gasteiger charge is 2.11. The quantitative estimate of drug-likeness (QED) is 0.814. The minimum Gasteiger partial charge on any atom is -0.477 e. The van der Waals surface area contributed by atoms with Gasteiger partial charge in [-0.15, -0.1) is 0 Å². The third-order valence-corrected chi connectivity index (χ3v) is 2.29. The number of hydrogen-bond acceptors (Lipinski definition) is 4. The Labute approximate surface area is 109 Å². The molecule has 6 heteroatoms. The molecule has 0 amide bonds. The SMILES string of the molecule is CC(C)COc1ncnc2[nH]cc(C#CC(=O)O)c12. The van der Waals surface area contributed by atoms with Crippen molar-refractivity contribution >= 4 is 17.0 Å². The Balaban J connectivity index is 2.44. The van der Waals surface area contributed by atoms with Crippen LogP contribution in [0.5, 0.6) is 5.88 Å². The van der Waals surface area contributed by atoms with Gasteiger partial charge in [0.1, 0.15) is 12.0 Å². The van der Waals surface area contributed by atoms with Crippen molar-refractivity contribution in [1.82, 2.24) is 15.0 Å². The molecule has 2 rings (SSSR count). The number of aromatic amines is 1. The summed E-state index contributed by atoms with van der Waals surface area (Å²) in [6.45, 7) is 4.57. The summed E-state index contributed by atoms with van der Waals surface area (Å²) < 4.78 is 5.60. The van der Waals surface area contributed by atoms with Gasteiger partial charge in [0, 0.05) is 12.1 Å². The monoisotopic (exact) mass is 259 g/mol. The molecule has 0 radical (unpaired) electrons. The first-order chi connectivity index (χ1) is 9.08. The lowest BCUT2D eigenvalue weighted by Crippen LogP contribution is -2.06. The molecule has 0 atom stereocenters. The highest BCUT2D eigenvalue weighted by atomic mass is 16.5. The molecule has 0 aliphatic rings. The maximum Gasteiger partial charge on any atom is 0.382 e. The maximum absolute atomic E-state index is 10.5. The molecular formula is C13H13N3O3. The maximum atomic E-state index is 10.5. The van der Waals surface area contributed by atoms with E-state index in [1.807, 2.05) is 13.8 Å². The van der Waals surface area contributed by atoms with Crippen LogP contribution in [0.25, 0.3) is 11.0 Å². The van der Waals surface area contributed by atoms with E-state index in [1.54, 1.807) is 6.20 Å². The number of carboxylic acids is 1. The van der Waals surface area contributed by atoms with Crippen LogP contribution in [0.15, 0.2) is 12.5 Å². The molecule has 0 spiro atoms. The summed E-state index contributed by atoms with van der Waals surface area (Å²) in [6, 6.07) is 0. The molecular weight excluding hydrogens is 246 g/mol. The predicted molar refractivity (Wildman–Crippen MR) is 68.7 cm³/mol. The molecule has 98 valence electrons. The Morgan fingerprint density at radius 3 is 3.00 bits per heavy atom. The van der Waals surface area contributed by atoms with Gasteiger partial charge in [0.25, 0.3) is 0 Å². The number of aliphatic carboxylic acids is 1. The van der Waals surface area contributed by atoms with Crippen LogP contribution in [0, 0.1) is 17.8 Å². The molecule has 0 saturated carbocycles. The number of nitrogens with one attached hydrogen (secondary N) is 1. The molecule has 0 aliphatic heterocycles. The second-order valence-electron chi connectivity index (χ2n) is 4.36. The normalized spacial score (nSPS) is 10.3. The lowest BCUT2D eigenvalue weighted by molar-refractivity contribution is -0.130. The lowest BCUT2D eigenvalue weighted by Gasteiger charge is -2.08. The van der Waals surface area contributed by atoms with Crippen LogP contribution in [0.2, 0.25) is 0 Å². The van der Waals surface area contributed by atoms with Gasteiger partial charge in [-0.3, -0.25) is 0 Å². The minimum absolute atomic E-state index is 0.359. The number of aromatic nitrogens is 3. The van der Waals surface area contributed by atoms with Gasteiger partial charge in [-0.1, -0.05) is 19.8 Å². The van der Waals surface area contributed by atoms with Crippen LogP contribution >= 0.6 is 0 Å². The van der Waals surface area contributed by atoms with Gasteiger partial charge in [-0.05, 0) is 5.92 Å². The molecule has 0 aromatic carbocycles. The number of H-pyrrole nitrogens is 1. The Morgan fingerprint density at radius 2 is 2.32 bits per heavy atom. The van der Waals surface area contributed by atoms with E-state index in [1.165, 1.54) is 6.33 Å². The average molecular weight is 259 g/mol. The van der Waals surface area contributed by atoms with Crippen molar-refractivity contribution in [3.8, 4) is 17.7 Å². The first kappa shape index (κ1) is 12.9. The first-order valence-corrected chi connectivity index (χ1v) is 5.77. The Hall–Kier alpha value is -2.55. The Morgan fingerprint density at radius 1 is 1.53 bits per heavy atom. The van der Waals surface area contributed by atoms with E-state index in [9.17, 15) is 4.79 Å². The largest absolute Gasteiger partial charge is 0.477 e. The van der Waals surface area contributed by atoms with E-state index in [-0.39, 0.29) is 0 Å². The molecule has 0 fully saturated rings. The highest BCUT2D eigenvalue weighted by molar-refractivity contribution is 5.92. The van der Waals surface area contributed by atoms with E-state index in [2.05, 4.69) is 26.8 Å². The summed E-state index contributed by atoms with van der Waals surface area (Å²) in [7, 11) is 0. The van der Waals surface area contributed by atoms with E-state index >= 15 is 0 Å². The van der Waals surface area contributed by atoms with Gasteiger partial charge in [-0.2, -0.15) is 0 Å². The Bertz CT molecular complexity index is 665. The van der Waals surface area contributed by atoms with Gasteiger partial charge in [0.05, 0.1) is 17.6 Å². The van der Waals surface area contributed by atoms with Crippen LogP contribution in [0.1, 0.15) is 19.4 Å². The number of nitrogens with zero attached hydrogens (tertiary/aromatic N) is 2. The molecule has 2 aromatic heterocycles. The van der Waals surface area contributed by atoms with Gasteiger partial charge >= 0.3 is 5.97 Å². The van der Waals surface area contributed by atoms with Crippen LogP contribution in [0.4, 0.5) is 0 Å². The zero-order valence-electron chi connectivity index (χ0n) is 10.6. The molecule has 2 N–H and O–H groups in total. The molecule has 6 nitrogen and oxygen atoms in total. The fraction of sp³-hybridized carbons (Fsp3) is 0.308. The Kier molecular flexibility index (Phi) is 3.66. The second kappa shape index (κ2) is 5.40. The van der Waals surface area contributed by atoms with Gasteiger partial charge in [0.15, 0.2) is 0 Å². The molecule has 2 aromatic rings. The second-order valence-corrected chi connectivity index (χ2v) is 4.36. The number of ether oxygens (including phenoxy) is 1. The molecule has 2 heterocycles. The van der Waals surface area contributed by atoms with Gasteiger partial charge in [0.2, 0.25) is 5.88 Å². The van der Waals surface area contributed by atoms with Crippen molar-refractivity contribution in [2.75, 3.05) is 6.61 Å². The fourth-order valence-electron chi connectivity index (χ4n) is 1.51. The molecule has 0 aliphatic carbocycles. The standard InChI is InChI=1S/C13H13N3O3/c1-8(2)6-19-13-11-9(3-4-10(17)18)5-14-12(11)15-7-16-13/h5,7-8H,6H2,1-2H3,(H,17,18)(H,14,15,16). The molecule has 0 unspecified atom stereocenters. The third kappa shape index (κ3) is 3.01. The van der Waals surface area contributed by atoms with E-state index in [4.69, 9.17) is 9.84 Å². The number of carboxylic acid groups (broad SMARTS) is 1. The van der Waals surface area contributed by atoms with Crippen molar-refractivity contribution in [1.29, 1.82) is 0 Å². The highest BCUT2D eigenvalue weighted by Crippen LogP contribution is 2.24.